The molecule has 20 heavy (non-hydrogen) atoms. The van der Waals surface area contributed by atoms with Crippen molar-refractivity contribution in [3.63, 3.8) is 0 Å². The average Bonchev–Trinajstić information content (AvgIpc) is 2.96. The zero-order chi connectivity index (χ0) is 14.4. The van der Waals surface area contributed by atoms with Crippen molar-refractivity contribution in [1.82, 2.24) is 10.2 Å². The van der Waals surface area contributed by atoms with Gasteiger partial charge in [0.05, 0.1) is 6.42 Å². The maximum absolute atomic E-state index is 10.7. The molecule has 2 rings (SSSR count). The lowest BCUT2D eigenvalue weighted by atomic mass is 9.91. The van der Waals surface area contributed by atoms with Gasteiger partial charge in [0.15, 0.2) is 0 Å². The monoisotopic (exact) mass is 282 g/mol. The van der Waals surface area contributed by atoms with E-state index in [0.29, 0.717) is 12.6 Å². The lowest BCUT2D eigenvalue weighted by molar-refractivity contribution is -0.137. The second-order valence-corrected chi connectivity index (χ2v) is 6.67. The van der Waals surface area contributed by atoms with Gasteiger partial charge in [0, 0.05) is 25.7 Å². The van der Waals surface area contributed by atoms with Crippen molar-refractivity contribution in [3.05, 3.63) is 0 Å². The molecular weight excluding hydrogens is 252 g/mol. The Balaban J connectivity index is 1.76. The van der Waals surface area contributed by atoms with Gasteiger partial charge >= 0.3 is 5.97 Å². The minimum atomic E-state index is -0.681. The molecule has 2 aliphatic rings. The summed E-state index contributed by atoms with van der Waals surface area (Å²) < 4.78 is 0. The molecule has 4 nitrogen and oxygen atoms in total. The van der Waals surface area contributed by atoms with Crippen LogP contribution in [0.25, 0.3) is 0 Å². The van der Waals surface area contributed by atoms with Crippen LogP contribution in [0.3, 0.4) is 0 Å². The van der Waals surface area contributed by atoms with Gasteiger partial charge < -0.3 is 15.3 Å². The fourth-order valence-electron chi connectivity index (χ4n) is 3.73. The largest absolute Gasteiger partial charge is 0.481 e. The minimum Gasteiger partial charge on any atom is -0.481 e. The first-order valence-corrected chi connectivity index (χ1v) is 8.35. The molecular formula is C16H30N2O2. The van der Waals surface area contributed by atoms with Crippen molar-refractivity contribution in [3.8, 4) is 0 Å². The third kappa shape index (κ3) is 5.06. The van der Waals surface area contributed by atoms with Crippen molar-refractivity contribution in [1.29, 1.82) is 0 Å². The van der Waals surface area contributed by atoms with Crippen LogP contribution in [-0.4, -0.2) is 48.2 Å². The van der Waals surface area contributed by atoms with E-state index in [1.807, 2.05) is 0 Å². The van der Waals surface area contributed by atoms with Gasteiger partial charge in [-0.3, -0.25) is 4.79 Å². The van der Waals surface area contributed by atoms with Gasteiger partial charge in [-0.05, 0) is 37.6 Å². The smallest absolute Gasteiger partial charge is 0.304 e. The summed E-state index contributed by atoms with van der Waals surface area (Å²) in [5, 5.41) is 12.6. The Labute approximate surface area is 122 Å². The molecule has 1 saturated carbocycles. The van der Waals surface area contributed by atoms with Crippen LogP contribution in [0.5, 0.6) is 0 Å². The van der Waals surface area contributed by atoms with Gasteiger partial charge in [-0.1, -0.05) is 26.2 Å². The van der Waals surface area contributed by atoms with E-state index in [0.717, 1.165) is 31.5 Å². The number of hydrogen-bond donors (Lipinski definition) is 2. The van der Waals surface area contributed by atoms with Gasteiger partial charge in [-0.25, -0.2) is 0 Å². The van der Waals surface area contributed by atoms with E-state index < -0.39 is 5.97 Å². The second kappa shape index (κ2) is 7.99. The number of carbonyl (C=O) groups is 1. The van der Waals surface area contributed by atoms with Gasteiger partial charge in [0.1, 0.15) is 0 Å². The first kappa shape index (κ1) is 15.8. The van der Waals surface area contributed by atoms with Crippen molar-refractivity contribution >= 4 is 5.97 Å². The summed E-state index contributed by atoms with van der Waals surface area (Å²) in [5.74, 6) is 0.919. The number of carboxylic acid groups (broad SMARTS) is 1. The molecule has 1 aliphatic heterocycles. The Morgan fingerprint density at radius 2 is 2.00 bits per heavy atom. The topological polar surface area (TPSA) is 52.6 Å². The lowest BCUT2D eigenvalue weighted by Crippen LogP contribution is -2.50. The van der Waals surface area contributed by atoms with Crippen molar-refractivity contribution < 1.29 is 9.90 Å². The summed E-state index contributed by atoms with van der Waals surface area (Å²) in [4.78, 5) is 13.1. The molecule has 1 aliphatic carbocycles. The third-order valence-electron chi connectivity index (χ3n) is 5.00. The predicted octanol–water partition coefficient (Wildman–Crippen LogP) is 2.34. The van der Waals surface area contributed by atoms with E-state index in [1.165, 1.54) is 38.5 Å². The maximum atomic E-state index is 10.7. The Kier molecular flexibility index (Phi) is 6.30. The fraction of sp³-hybridized carbons (Fsp3) is 0.938. The normalized spacial score (nSPS) is 28.9. The van der Waals surface area contributed by atoms with Gasteiger partial charge in [0.2, 0.25) is 0 Å². The van der Waals surface area contributed by atoms with E-state index in [9.17, 15) is 4.79 Å². The summed E-state index contributed by atoms with van der Waals surface area (Å²) in [5.41, 5.74) is 0. The third-order valence-corrected chi connectivity index (χ3v) is 5.00. The molecule has 2 fully saturated rings. The molecule has 1 heterocycles. The molecule has 0 radical (unpaired) electrons. The van der Waals surface area contributed by atoms with Crippen LogP contribution in [0.2, 0.25) is 0 Å². The molecule has 2 unspecified atom stereocenters. The summed E-state index contributed by atoms with van der Waals surface area (Å²) in [7, 11) is 0. The second-order valence-electron chi connectivity index (χ2n) is 6.67. The van der Waals surface area contributed by atoms with Crippen LogP contribution < -0.4 is 5.32 Å². The number of likely N-dealkylation sites (tertiary alicyclic amines) is 1. The van der Waals surface area contributed by atoms with Crippen molar-refractivity contribution in [2.45, 2.75) is 57.9 Å². The number of nitrogens with one attached hydrogen (secondary N) is 1. The number of nitrogens with zero attached hydrogens (tertiary/aromatic N) is 1. The standard InChI is InChI=1S/C16H30N2O2/c1-2-13-9-15(17-10-14-5-3-4-6-14)12-18(11-13)8-7-16(19)20/h13-15,17H,2-12H2,1H3,(H,19,20). The first-order chi connectivity index (χ1) is 9.67. The number of hydrogen-bond acceptors (Lipinski definition) is 3. The summed E-state index contributed by atoms with van der Waals surface area (Å²) >= 11 is 0. The molecule has 0 bridgehead atoms. The number of aliphatic carboxylic acids is 1. The molecule has 4 heteroatoms. The molecule has 2 atom stereocenters. The number of carboxylic acids is 1. The summed E-state index contributed by atoms with van der Waals surface area (Å²) in [6.07, 6.45) is 8.31. The van der Waals surface area contributed by atoms with E-state index in [4.69, 9.17) is 5.11 Å². The van der Waals surface area contributed by atoms with Crippen LogP contribution in [0, 0.1) is 11.8 Å². The van der Waals surface area contributed by atoms with Crippen LogP contribution >= 0.6 is 0 Å². The minimum absolute atomic E-state index is 0.270. The highest BCUT2D eigenvalue weighted by Crippen LogP contribution is 2.25. The average molecular weight is 282 g/mol. The SMILES string of the molecule is CCC1CC(NCC2CCCC2)CN(CCC(=O)O)C1. The molecule has 0 aromatic carbocycles. The molecule has 0 amide bonds. The van der Waals surface area contributed by atoms with Crippen LogP contribution in [0.15, 0.2) is 0 Å². The highest BCUT2D eigenvalue weighted by molar-refractivity contribution is 5.66. The molecule has 0 aromatic heterocycles. The first-order valence-electron chi connectivity index (χ1n) is 8.35. The highest BCUT2D eigenvalue weighted by atomic mass is 16.4. The van der Waals surface area contributed by atoms with Gasteiger partial charge in [0.25, 0.3) is 0 Å². The number of rotatable bonds is 7. The summed E-state index contributed by atoms with van der Waals surface area (Å²) in [6, 6.07) is 0.558. The zero-order valence-corrected chi connectivity index (χ0v) is 12.8. The van der Waals surface area contributed by atoms with Crippen LogP contribution in [0.4, 0.5) is 0 Å². The Hall–Kier alpha value is -0.610. The fourth-order valence-corrected chi connectivity index (χ4v) is 3.73. The van der Waals surface area contributed by atoms with Crippen molar-refractivity contribution in [2.24, 2.45) is 11.8 Å². The lowest BCUT2D eigenvalue weighted by Gasteiger charge is -2.38. The maximum Gasteiger partial charge on any atom is 0.304 e. The Morgan fingerprint density at radius 3 is 2.65 bits per heavy atom. The number of piperidine rings is 1. The van der Waals surface area contributed by atoms with Crippen molar-refractivity contribution in [2.75, 3.05) is 26.2 Å². The zero-order valence-electron chi connectivity index (χ0n) is 12.8. The van der Waals surface area contributed by atoms with E-state index in [1.54, 1.807) is 0 Å². The molecule has 1 saturated heterocycles. The predicted molar refractivity (Wildman–Crippen MR) is 80.8 cm³/mol. The molecule has 2 N–H and O–H groups in total. The van der Waals surface area contributed by atoms with Gasteiger partial charge in [-0.15, -0.1) is 0 Å². The highest BCUT2D eigenvalue weighted by Gasteiger charge is 2.27. The van der Waals surface area contributed by atoms with E-state index >= 15 is 0 Å². The quantitative estimate of drug-likeness (QED) is 0.752. The van der Waals surface area contributed by atoms with E-state index in [-0.39, 0.29) is 6.42 Å². The molecule has 0 aromatic rings. The molecule has 116 valence electrons. The van der Waals surface area contributed by atoms with Crippen LogP contribution in [-0.2, 0) is 4.79 Å². The Morgan fingerprint density at radius 1 is 1.25 bits per heavy atom. The summed E-state index contributed by atoms with van der Waals surface area (Å²) in [6.45, 7) is 6.21. The van der Waals surface area contributed by atoms with Crippen LogP contribution in [0.1, 0.15) is 51.9 Å². The molecule has 0 spiro atoms. The van der Waals surface area contributed by atoms with Gasteiger partial charge in [-0.2, -0.15) is 0 Å². The Bertz CT molecular complexity index is 303. The van der Waals surface area contributed by atoms with E-state index in [2.05, 4.69) is 17.1 Å².